The number of aliphatic carboxylic acids is 2. The molecule has 0 heterocycles. The third-order valence-corrected chi connectivity index (χ3v) is 1.10. The van der Waals surface area contributed by atoms with Gasteiger partial charge in [0.05, 0.1) is 19.6 Å². The maximum absolute atomic E-state index is 10.4. The van der Waals surface area contributed by atoms with Crippen LogP contribution < -0.4 is 5.73 Å². The molecule has 0 saturated carbocycles. The van der Waals surface area contributed by atoms with Crippen molar-refractivity contribution in [2.24, 2.45) is 5.73 Å². The molecule has 4 N–H and O–H groups in total. The Hall–Kier alpha value is -0.630. The van der Waals surface area contributed by atoms with E-state index in [1.54, 1.807) is 0 Å². The van der Waals surface area contributed by atoms with E-state index in [1.807, 2.05) is 0 Å². The van der Waals surface area contributed by atoms with Crippen LogP contribution in [-0.4, -0.2) is 82.2 Å². The second-order valence-electron chi connectivity index (χ2n) is 2.40. The topological polar surface area (TPSA) is 121 Å². The maximum atomic E-state index is 10.4. The molecule has 0 rings (SSSR count). The van der Waals surface area contributed by atoms with Crippen LogP contribution in [0.2, 0.25) is 0 Å². The van der Waals surface area contributed by atoms with E-state index < -0.39 is 30.9 Å². The summed E-state index contributed by atoms with van der Waals surface area (Å²) in [6, 6.07) is 0. The summed E-state index contributed by atoms with van der Waals surface area (Å²) in [6.45, 7) is -1.41. The Kier molecular flexibility index (Phi) is 8.75. The van der Waals surface area contributed by atoms with Gasteiger partial charge in [-0.2, -0.15) is 0 Å². The van der Waals surface area contributed by atoms with Gasteiger partial charge in [-0.3, -0.25) is 19.3 Å². The van der Waals surface area contributed by atoms with E-state index in [4.69, 9.17) is 15.9 Å². The molecule has 0 unspecified atom stereocenters. The van der Waals surface area contributed by atoms with Crippen molar-refractivity contribution in [2.75, 3.05) is 19.6 Å². The molecule has 0 aromatic rings. The Morgan fingerprint density at radius 3 is 1.57 bits per heavy atom. The molecule has 1 amide bonds. The van der Waals surface area contributed by atoms with Gasteiger partial charge in [0, 0.05) is 0 Å². The van der Waals surface area contributed by atoms with Gasteiger partial charge in [-0.1, -0.05) is 0 Å². The zero-order valence-electron chi connectivity index (χ0n) is 6.77. The summed E-state index contributed by atoms with van der Waals surface area (Å²) >= 11 is 0. The molecule has 0 atom stereocenters. The predicted octanol–water partition coefficient (Wildman–Crippen LogP) is -2.71. The van der Waals surface area contributed by atoms with Crippen LogP contribution in [0, 0.1) is 0 Å². The van der Waals surface area contributed by atoms with E-state index in [0.29, 0.717) is 0 Å². The normalized spacial score (nSPS) is 9.21. The standard InChI is InChI=1S/C6H10N2O5.Na.H/c7-4(9)1-8(2-5(10)11)3-6(12)13;;/h1-3H2,(H2,7,9)(H,10,11)(H,12,13);;. The Morgan fingerprint density at radius 2 is 1.36 bits per heavy atom. The van der Waals surface area contributed by atoms with Crippen molar-refractivity contribution in [3.8, 4) is 0 Å². The van der Waals surface area contributed by atoms with Crippen molar-refractivity contribution >= 4 is 47.4 Å². The minimum absolute atomic E-state index is 0. The van der Waals surface area contributed by atoms with Gasteiger partial charge < -0.3 is 15.9 Å². The van der Waals surface area contributed by atoms with E-state index in [9.17, 15) is 14.4 Å². The molecule has 0 aliphatic heterocycles. The van der Waals surface area contributed by atoms with Gasteiger partial charge in [0.2, 0.25) is 5.91 Å². The van der Waals surface area contributed by atoms with E-state index >= 15 is 0 Å². The zero-order valence-corrected chi connectivity index (χ0v) is 6.77. The number of carbonyl (C=O) groups is 3. The molecule has 0 spiro atoms. The zero-order chi connectivity index (χ0) is 10.4. The quantitative estimate of drug-likeness (QED) is 0.413. The fourth-order valence-electron chi connectivity index (χ4n) is 0.771. The van der Waals surface area contributed by atoms with Crippen molar-refractivity contribution < 1.29 is 24.6 Å². The van der Waals surface area contributed by atoms with Gasteiger partial charge in [-0.25, -0.2) is 0 Å². The van der Waals surface area contributed by atoms with Crippen LogP contribution in [-0.2, 0) is 14.4 Å². The summed E-state index contributed by atoms with van der Waals surface area (Å²) in [4.78, 5) is 31.7. The van der Waals surface area contributed by atoms with Gasteiger partial charge in [0.25, 0.3) is 0 Å². The molecule has 0 aromatic heterocycles. The van der Waals surface area contributed by atoms with E-state index in [0.717, 1.165) is 4.90 Å². The number of carbonyl (C=O) groups excluding carboxylic acids is 1. The van der Waals surface area contributed by atoms with Crippen LogP contribution in [0.25, 0.3) is 0 Å². The first-order valence-electron chi connectivity index (χ1n) is 3.36. The number of carboxylic acids is 2. The molecule has 8 heteroatoms. The number of primary amides is 1. The summed E-state index contributed by atoms with van der Waals surface area (Å²) < 4.78 is 0. The third kappa shape index (κ3) is 9.46. The first-order valence-corrected chi connectivity index (χ1v) is 3.36. The molecule has 0 radical (unpaired) electrons. The van der Waals surface area contributed by atoms with Gasteiger partial charge in [-0.05, 0) is 0 Å². The first kappa shape index (κ1) is 15.8. The average Bonchev–Trinajstić information content (AvgIpc) is 1.80. The van der Waals surface area contributed by atoms with Crippen LogP contribution in [0.3, 0.4) is 0 Å². The molecule has 7 nitrogen and oxygen atoms in total. The molecule has 0 fully saturated rings. The van der Waals surface area contributed by atoms with Crippen LogP contribution in [0.15, 0.2) is 0 Å². The number of hydrogen-bond donors (Lipinski definition) is 3. The van der Waals surface area contributed by atoms with Gasteiger partial charge in [0.15, 0.2) is 0 Å². The van der Waals surface area contributed by atoms with Crippen LogP contribution in [0.5, 0.6) is 0 Å². The van der Waals surface area contributed by atoms with Crippen molar-refractivity contribution in [3.05, 3.63) is 0 Å². The summed E-state index contributed by atoms with van der Waals surface area (Å²) in [5, 5.41) is 16.6. The fraction of sp³-hybridized carbons (Fsp3) is 0.500. The molecule has 14 heavy (non-hydrogen) atoms. The van der Waals surface area contributed by atoms with Gasteiger partial charge >= 0.3 is 41.5 Å². The number of rotatable bonds is 6. The Balaban J connectivity index is 0. The Bertz CT molecular complexity index is 194. The van der Waals surface area contributed by atoms with Crippen LogP contribution in [0.1, 0.15) is 0 Å². The number of amides is 1. The molecular weight excluding hydrogens is 203 g/mol. The fourth-order valence-corrected chi connectivity index (χ4v) is 0.771. The summed E-state index contributed by atoms with van der Waals surface area (Å²) in [6.07, 6.45) is 0. The molecule has 0 aliphatic carbocycles. The van der Waals surface area contributed by atoms with Crippen molar-refractivity contribution in [1.82, 2.24) is 4.90 Å². The second-order valence-corrected chi connectivity index (χ2v) is 2.40. The second kappa shape index (κ2) is 7.74. The molecular formula is C6H11N2NaO5. The molecule has 0 bridgehead atoms. The van der Waals surface area contributed by atoms with E-state index in [2.05, 4.69) is 0 Å². The predicted molar refractivity (Wildman–Crippen MR) is 48.1 cm³/mol. The number of hydrogen-bond acceptors (Lipinski definition) is 4. The van der Waals surface area contributed by atoms with Crippen molar-refractivity contribution in [3.63, 3.8) is 0 Å². The van der Waals surface area contributed by atoms with Crippen molar-refractivity contribution in [2.45, 2.75) is 0 Å². The SMILES string of the molecule is NC(=O)CN(CC(=O)O)CC(=O)O.[NaH]. The van der Waals surface area contributed by atoms with Gasteiger partial charge in [0.1, 0.15) is 0 Å². The number of nitrogens with zero attached hydrogens (tertiary/aromatic N) is 1. The Morgan fingerprint density at radius 1 is 1.00 bits per heavy atom. The third-order valence-electron chi connectivity index (χ3n) is 1.10. The summed E-state index contributed by atoms with van der Waals surface area (Å²) in [7, 11) is 0. The molecule has 76 valence electrons. The van der Waals surface area contributed by atoms with Crippen LogP contribution >= 0.6 is 0 Å². The van der Waals surface area contributed by atoms with E-state index in [-0.39, 0.29) is 36.1 Å². The Labute approximate surface area is 102 Å². The van der Waals surface area contributed by atoms with Crippen LogP contribution in [0.4, 0.5) is 0 Å². The minimum atomic E-state index is -1.21. The number of carboxylic acid groups (broad SMARTS) is 2. The number of nitrogens with two attached hydrogens (primary N) is 1. The van der Waals surface area contributed by atoms with E-state index in [1.165, 1.54) is 0 Å². The molecule has 0 saturated heterocycles. The van der Waals surface area contributed by atoms with Crippen molar-refractivity contribution in [1.29, 1.82) is 0 Å². The molecule has 0 aliphatic rings. The summed E-state index contributed by atoms with van der Waals surface area (Å²) in [5.41, 5.74) is 4.78. The first-order chi connectivity index (χ1) is 5.91. The summed E-state index contributed by atoms with van der Waals surface area (Å²) in [5.74, 6) is -3.17. The monoisotopic (exact) mass is 214 g/mol. The molecule has 0 aromatic carbocycles. The van der Waals surface area contributed by atoms with Gasteiger partial charge in [-0.15, -0.1) is 0 Å². The average molecular weight is 214 g/mol.